The smallest absolute Gasteiger partial charge is 0.379 e. The van der Waals surface area contributed by atoms with Crippen molar-refractivity contribution in [2.45, 2.75) is 44.9 Å². The Labute approximate surface area is 87.3 Å². The molecule has 0 bridgehead atoms. The second-order valence-electron chi connectivity index (χ2n) is 3.84. The van der Waals surface area contributed by atoms with Gasteiger partial charge in [0.15, 0.2) is 0 Å². The molecule has 88 valence electrons. The number of halogens is 3. The summed E-state index contributed by atoms with van der Waals surface area (Å²) >= 11 is 0. The maximum absolute atomic E-state index is 12.2. The Bertz CT molecular complexity index is 219. The molecule has 0 heterocycles. The molecular weight excluding hydrogens is 207 g/mol. The van der Waals surface area contributed by atoms with E-state index in [1.807, 2.05) is 6.92 Å². The summed E-state index contributed by atoms with van der Waals surface area (Å²) in [6, 6.07) is 0. The molecule has 0 amide bonds. The highest BCUT2D eigenvalue weighted by Crippen LogP contribution is 2.32. The summed E-state index contributed by atoms with van der Waals surface area (Å²) in [4.78, 5) is 0. The van der Waals surface area contributed by atoms with Crippen molar-refractivity contribution in [3.63, 3.8) is 0 Å². The van der Waals surface area contributed by atoms with E-state index in [9.17, 15) is 13.2 Å². The second kappa shape index (κ2) is 4.96. The average Bonchev–Trinajstić information content (AvgIpc) is 2.17. The van der Waals surface area contributed by atoms with Gasteiger partial charge in [0, 0.05) is 12.5 Å². The van der Waals surface area contributed by atoms with Crippen molar-refractivity contribution in [1.29, 1.82) is 5.41 Å². The largest absolute Gasteiger partial charge is 0.429 e. The Morgan fingerprint density at radius 1 is 1.27 bits per heavy atom. The molecule has 1 rings (SSSR count). The van der Waals surface area contributed by atoms with E-state index in [1.165, 1.54) is 0 Å². The number of nitrogens with one attached hydrogen (secondary N) is 1. The second-order valence-corrected chi connectivity index (χ2v) is 3.84. The first kappa shape index (κ1) is 12.5. The lowest BCUT2D eigenvalue weighted by Gasteiger charge is -2.29. The first-order valence-electron chi connectivity index (χ1n) is 5.22. The van der Waals surface area contributed by atoms with E-state index in [0.717, 1.165) is 0 Å². The molecule has 1 saturated carbocycles. The van der Waals surface area contributed by atoms with Crippen LogP contribution in [0, 0.1) is 11.3 Å². The van der Waals surface area contributed by atoms with Gasteiger partial charge in [-0.2, -0.15) is 13.2 Å². The van der Waals surface area contributed by atoms with Gasteiger partial charge in [-0.1, -0.05) is 0 Å². The van der Waals surface area contributed by atoms with Gasteiger partial charge in [-0.3, -0.25) is 0 Å². The Morgan fingerprint density at radius 3 is 2.20 bits per heavy atom. The standard InChI is InChI=1S/C10H16F3NO/c1-2-15-8-5-3-7(4-6-8)9(14)10(11,12)13/h7-8,14H,2-6H2,1H3. The third kappa shape index (κ3) is 3.48. The zero-order valence-electron chi connectivity index (χ0n) is 8.73. The van der Waals surface area contributed by atoms with Crippen molar-refractivity contribution in [1.82, 2.24) is 0 Å². The third-order valence-electron chi connectivity index (χ3n) is 2.79. The van der Waals surface area contributed by atoms with Crippen LogP contribution in [0.5, 0.6) is 0 Å². The van der Waals surface area contributed by atoms with Gasteiger partial charge in [-0.25, -0.2) is 0 Å². The van der Waals surface area contributed by atoms with E-state index in [0.29, 0.717) is 32.3 Å². The molecular formula is C10H16F3NO. The molecule has 0 aromatic carbocycles. The lowest BCUT2D eigenvalue weighted by molar-refractivity contribution is -0.0660. The summed E-state index contributed by atoms with van der Waals surface area (Å²) < 4.78 is 42.0. The van der Waals surface area contributed by atoms with Gasteiger partial charge in [-0.05, 0) is 32.6 Å². The molecule has 2 nitrogen and oxygen atoms in total. The molecule has 1 N–H and O–H groups in total. The Hall–Kier alpha value is -0.580. The highest BCUT2D eigenvalue weighted by atomic mass is 19.4. The highest BCUT2D eigenvalue weighted by Gasteiger charge is 2.40. The molecule has 0 atom stereocenters. The minimum absolute atomic E-state index is 0.0901. The van der Waals surface area contributed by atoms with E-state index in [2.05, 4.69) is 0 Å². The summed E-state index contributed by atoms with van der Waals surface area (Å²) in [5.41, 5.74) is -1.07. The third-order valence-corrected chi connectivity index (χ3v) is 2.79. The Kier molecular flexibility index (Phi) is 4.13. The fourth-order valence-electron chi connectivity index (χ4n) is 1.99. The molecule has 0 radical (unpaired) electrons. The quantitative estimate of drug-likeness (QED) is 0.732. The lowest BCUT2D eigenvalue weighted by Crippen LogP contribution is -2.34. The Balaban J connectivity index is 2.41. The fraction of sp³-hybridized carbons (Fsp3) is 0.900. The number of alkyl halides is 3. The summed E-state index contributed by atoms with van der Waals surface area (Å²) in [7, 11) is 0. The normalized spacial score (nSPS) is 27.7. The summed E-state index contributed by atoms with van der Waals surface area (Å²) in [5.74, 6) is -0.623. The molecule has 0 saturated heterocycles. The summed E-state index contributed by atoms with van der Waals surface area (Å²) in [6.45, 7) is 2.48. The van der Waals surface area contributed by atoms with Crippen LogP contribution in [0.15, 0.2) is 0 Å². The van der Waals surface area contributed by atoms with Crippen LogP contribution < -0.4 is 0 Å². The van der Waals surface area contributed by atoms with E-state index < -0.39 is 17.8 Å². The van der Waals surface area contributed by atoms with Crippen LogP contribution >= 0.6 is 0 Å². The maximum atomic E-state index is 12.2. The van der Waals surface area contributed by atoms with Gasteiger partial charge >= 0.3 is 6.18 Å². The van der Waals surface area contributed by atoms with E-state index in [-0.39, 0.29) is 6.10 Å². The van der Waals surface area contributed by atoms with Gasteiger partial charge in [0.05, 0.1) is 6.10 Å². The van der Waals surface area contributed by atoms with Crippen LogP contribution in [-0.4, -0.2) is 24.6 Å². The zero-order chi connectivity index (χ0) is 11.5. The topological polar surface area (TPSA) is 33.1 Å². The molecule has 1 fully saturated rings. The minimum atomic E-state index is -4.46. The van der Waals surface area contributed by atoms with Crippen molar-refractivity contribution in [3.8, 4) is 0 Å². The Morgan fingerprint density at radius 2 is 1.80 bits per heavy atom. The fourth-order valence-corrected chi connectivity index (χ4v) is 1.99. The number of hydrogen-bond acceptors (Lipinski definition) is 2. The van der Waals surface area contributed by atoms with Crippen molar-refractivity contribution in [2.24, 2.45) is 5.92 Å². The molecule has 0 spiro atoms. The van der Waals surface area contributed by atoms with E-state index >= 15 is 0 Å². The van der Waals surface area contributed by atoms with Crippen molar-refractivity contribution in [3.05, 3.63) is 0 Å². The van der Waals surface area contributed by atoms with Crippen LogP contribution in [0.3, 0.4) is 0 Å². The van der Waals surface area contributed by atoms with Crippen molar-refractivity contribution >= 4 is 5.71 Å². The molecule has 1 aliphatic rings. The highest BCUT2D eigenvalue weighted by molar-refractivity contribution is 5.89. The first-order chi connectivity index (χ1) is 6.95. The number of rotatable bonds is 3. The van der Waals surface area contributed by atoms with E-state index in [4.69, 9.17) is 10.1 Å². The van der Waals surface area contributed by atoms with Crippen LogP contribution in [0.25, 0.3) is 0 Å². The molecule has 0 aromatic rings. The molecule has 15 heavy (non-hydrogen) atoms. The predicted octanol–water partition coefficient (Wildman–Crippen LogP) is 3.16. The van der Waals surface area contributed by atoms with Crippen LogP contribution in [0.1, 0.15) is 32.6 Å². The van der Waals surface area contributed by atoms with Gasteiger partial charge in [0.25, 0.3) is 0 Å². The van der Waals surface area contributed by atoms with Gasteiger partial charge in [-0.15, -0.1) is 0 Å². The number of ether oxygens (including phenoxy) is 1. The van der Waals surface area contributed by atoms with Crippen molar-refractivity contribution in [2.75, 3.05) is 6.61 Å². The molecule has 0 aliphatic heterocycles. The van der Waals surface area contributed by atoms with E-state index in [1.54, 1.807) is 0 Å². The average molecular weight is 223 g/mol. The SMILES string of the molecule is CCOC1CCC(C(=N)C(F)(F)F)CC1. The van der Waals surface area contributed by atoms with Crippen LogP contribution in [0.2, 0.25) is 0 Å². The van der Waals surface area contributed by atoms with Crippen LogP contribution in [0.4, 0.5) is 13.2 Å². The lowest BCUT2D eigenvalue weighted by atomic mass is 9.84. The maximum Gasteiger partial charge on any atom is 0.429 e. The summed E-state index contributed by atoms with van der Waals surface area (Å²) in [5, 5.41) is 7.04. The van der Waals surface area contributed by atoms with Gasteiger partial charge in [0.1, 0.15) is 5.71 Å². The first-order valence-corrected chi connectivity index (χ1v) is 5.22. The minimum Gasteiger partial charge on any atom is -0.379 e. The molecule has 0 unspecified atom stereocenters. The van der Waals surface area contributed by atoms with Crippen molar-refractivity contribution < 1.29 is 17.9 Å². The predicted molar refractivity (Wildman–Crippen MR) is 51.2 cm³/mol. The molecule has 5 heteroatoms. The van der Waals surface area contributed by atoms with Gasteiger partial charge in [0.2, 0.25) is 0 Å². The van der Waals surface area contributed by atoms with Gasteiger partial charge < -0.3 is 10.1 Å². The number of hydrogen-bond donors (Lipinski definition) is 1. The zero-order valence-corrected chi connectivity index (χ0v) is 8.73. The monoisotopic (exact) mass is 223 g/mol. The molecule has 0 aromatic heterocycles. The molecule has 1 aliphatic carbocycles. The van der Waals surface area contributed by atoms with Crippen LogP contribution in [-0.2, 0) is 4.74 Å². The summed E-state index contributed by atoms with van der Waals surface area (Å²) in [6.07, 6.45) is -2.25.